The van der Waals surface area contributed by atoms with Crippen LogP contribution in [0.1, 0.15) is 27.0 Å². The lowest BCUT2D eigenvalue weighted by molar-refractivity contribution is 0.102. The van der Waals surface area contributed by atoms with Gasteiger partial charge in [-0.25, -0.2) is 0 Å². The second kappa shape index (κ2) is 10.3. The van der Waals surface area contributed by atoms with Crippen LogP contribution in [0.25, 0.3) is 0 Å². The molecule has 0 aromatic heterocycles. The first-order valence-electron chi connectivity index (χ1n) is 10.9. The number of amides is 1. The standard InChI is InChI=1S/C26H28BrN3O3/c1-32-24-13-18-10-12-30(16-19(18)14-25(24)33-2)11-9-17-3-6-21(7-4-17)29-26(31)22-15-20(27)5-8-23(22)28/h3-8,13-15H,9-12,16,28H2,1-2H3,(H,29,31). The van der Waals surface area contributed by atoms with Crippen molar-refractivity contribution in [3.05, 3.63) is 81.3 Å². The van der Waals surface area contributed by atoms with E-state index in [1.54, 1.807) is 26.4 Å². The number of nitrogen functional groups attached to an aromatic ring is 1. The van der Waals surface area contributed by atoms with Crippen molar-refractivity contribution in [3.8, 4) is 11.5 Å². The molecule has 0 aliphatic carbocycles. The molecular formula is C26H28BrN3O3. The van der Waals surface area contributed by atoms with Gasteiger partial charge >= 0.3 is 0 Å². The lowest BCUT2D eigenvalue weighted by Crippen LogP contribution is -2.32. The Hall–Kier alpha value is -3.03. The van der Waals surface area contributed by atoms with E-state index < -0.39 is 0 Å². The fourth-order valence-electron chi connectivity index (χ4n) is 4.10. The molecule has 0 spiro atoms. The number of fused-ring (bicyclic) bond motifs is 1. The van der Waals surface area contributed by atoms with Crippen LogP contribution in [-0.2, 0) is 19.4 Å². The van der Waals surface area contributed by atoms with Crippen molar-refractivity contribution in [2.24, 2.45) is 0 Å². The summed E-state index contributed by atoms with van der Waals surface area (Å²) in [6.45, 7) is 2.89. The Kier molecular flexibility index (Phi) is 7.20. The van der Waals surface area contributed by atoms with E-state index in [4.69, 9.17) is 15.2 Å². The minimum absolute atomic E-state index is 0.222. The van der Waals surface area contributed by atoms with Crippen LogP contribution in [0.3, 0.4) is 0 Å². The quantitative estimate of drug-likeness (QED) is 0.443. The molecule has 1 aliphatic rings. The maximum atomic E-state index is 12.6. The molecular weight excluding hydrogens is 482 g/mol. The number of hydrogen-bond donors (Lipinski definition) is 2. The predicted molar refractivity (Wildman–Crippen MR) is 135 cm³/mol. The summed E-state index contributed by atoms with van der Waals surface area (Å²) in [5.74, 6) is 1.35. The molecule has 4 rings (SSSR count). The number of carbonyl (C=O) groups excluding carboxylic acids is 1. The number of anilines is 2. The van der Waals surface area contributed by atoms with Gasteiger partial charge in [0.2, 0.25) is 0 Å². The highest BCUT2D eigenvalue weighted by atomic mass is 79.9. The number of nitrogens with two attached hydrogens (primary N) is 1. The van der Waals surface area contributed by atoms with Gasteiger partial charge in [0.05, 0.1) is 19.8 Å². The molecule has 0 unspecified atom stereocenters. The number of halogens is 1. The van der Waals surface area contributed by atoms with Gasteiger partial charge in [0.25, 0.3) is 5.91 Å². The summed E-state index contributed by atoms with van der Waals surface area (Å²) in [6, 6.07) is 17.4. The van der Waals surface area contributed by atoms with Crippen LogP contribution in [0.15, 0.2) is 59.1 Å². The van der Waals surface area contributed by atoms with Crippen molar-refractivity contribution in [2.75, 3.05) is 38.4 Å². The van der Waals surface area contributed by atoms with Crippen molar-refractivity contribution < 1.29 is 14.3 Å². The first kappa shape index (κ1) is 23.1. The number of methoxy groups -OCH3 is 2. The molecule has 0 radical (unpaired) electrons. The average molecular weight is 510 g/mol. The highest BCUT2D eigenvalue weighted by Crippen LogP contribution is 2.33. The molecule has 1 aliphatic heterocycles. The molecule has 1 heterocycles. The zero-order valence-corrected chi connectivity index (χ0v) is 20.4. The van der Waals surface area contributed by atoms with Crippen molar-refractivity contribution in [1.29, 1.82) is 0 Å². The second-order valence-corrected chi connectivity index (χ2v) is 9.05. The molecule has 3 N–H and O–H groups in total. The normalized spacial score (nSPS) is 13.3. The Morgan fingerprint density at radius 3 is 2.42 bits per heavy atom. The Morgan fingerprint density at radius 2 is 1.73 bits per heavy atom. The molecule has 0 fully saturated rings. The third-order valence-corrected chi connectivity index (χ3v) is 6.48. The van der Waals surface area contributed by atoms with E-state index in [1.807, 2.05) is 18.2 Å². The van der Waals surface area contributed by atoms with Crippen LogP contribution in [-0.4, -0.2) is 38.1 Å². The van der Waals surface area contributed by atoms with E-state index in [9.17, 15) is 4.79 Å². The van der Waals surface area contributed by atoms with Gasteiger partial charge in [-0.3, -0.25) is 9.69 Å². The summed E-state index contributed by atoms with van der Waals surface area (Å²) in [5.41, 5.74) is 11.4. The lowest BCUT2D eigenvalue weighted by Gasteiger charge is -2.29. The largest absolute Gasteiger partial charge is 0.493 e. The average Bonchev–Trinajstić information content (AvgIpc) is 2.84. The summed E-state index contributed by atoms with van der Waals surface area (Å²) in [4.78, 5) is 15.0. The SMILES string of the molecule is COc1cc2c(cc1OC)CN(CCc1ccc(NC(=O)c3cc(Br)ccc3N)cc1)CC2. The van der Waals surface area contributed by atoms with Gasteiger partial charge < -0.3 is 20.5 Å². The van der Waals surface area contributed by atoms with Gasteiger partial charge in [-0.1, -0.05) is 28.1 Å². The molecule has 0 atom stereocenters. The van der Waals surface area contributed by atoms with Crippen molar-refractivity contribution >= 4 is 33.2 Å². The van der Waals surface area contributed by atoms with Crippen LogP contribution >= 0.6 is 15.9 Å². The second-order valence-electron chi connectivity index (χ2n) is 8.13. The van der Waals surface area contributed by atoms with Gasteiger partial charge in [-0.15, -0.1) is 0 Å². The van der Waals surface area contributed by atoms with Crippen molar-refractivity contribution in [3.63, 3.8) is 0 Å². The molecule has 3 aromatic rings. The van der Waals surface area contributed by atoms with Gasteiger partial charge in [-0.2, -0.15) is 0 Å². The number of rotatable bonds is 7. The first-order valence-corrected chi connectivity index (χ1v) is 11.7. The van der Waals surface area contributed by atoms with E-state index in [0.29, 0.717) is 11.3 Å². The van der Waals surface area contributed by atoms with Crippen LogP contribution in [0.4, 0.5) is 11.4 Å². The number of hydrogen-bond acceptors (Lipinski definition) is 5. The molecule has 0 bridgehead atoms. The van der Waals surface area contributed by atoms with E-state index >= 15 is 0 Å². The highest BCUT2D eigenvalue weighted by Gasteiger charge is 2.19. The number of nitrogens with zero attached hydrogens (tertiary/aromatic N) is 1. The summed E-state index contributed by atoms with van der Waals surface area (Å²) in [6.07, 6.45) is 1.94. The fraction of sp³-hybridized carbons (Fsp3) is 0.269. The number of benzene rings is 3. The Balaban J connectivity index is 1.34. The molecule has 33 heavy (non-hydrogen) atoms. The van der Waals surface area contributed by atoms with Gasteiger partial charge in [-0.05, 0) is 72.0 Å². The number of ether oxygens (including phenoxy) is 2. The van der Waals surface area contributed by atoms with Gasteiger partial charge in [0.15, 0.2) is 11.5 Å². The molecule has 6 nitrogen and oxygen atoms in total. The van der Waals surface area contributed by atoms with Crippen LogP contribution in [0.5, 0.6) is 11.5 Å². The zero-order valence-electron chi connectivity index (χ0n) is 18.9. The van der Waals surface area contributed by atoms with Gasteiger partial charge in [0, 0.05) is 35.5 Å². The summed E-state index contributed by atoms with van der Waals surface area (Å²) in [5, 5.41) is 2.92. The molecule has 3 aromatic carbocycles. The zero-order chi connectivity index (χ0) is 23.4. The maximum Gasteiger partial charge on any atom is 0.257 e. The van der Waals surface area contributed by atoms with Crippen LogP contribution in [0.2, 0.25) is 0 Å². The minimum Gasteiger partial charge on any atom is -0.493 e. The van der Waals surface area contributed by atoms with Crippen molar-refractivity contribution in [2.45, 2.75) is 19.4 Å². The Labute approximate surface area is 202 Å². The molecule has 0 saturated carbocycles. The highest BCUT2D eigenvalue weighted by molar-refractivity contribution is 9.10. The molecule has 172 valence electrons. The molecule has 0 saturated heterocycles. The molecule has 1 amide bonds. The van der Waals surface area contributed by atoms with Crippen LogP contribution < -0.4 is 20.5 Å². The fourth-order valence-corrected chi connectivity index (χ4v) is 4.46. The van der Waals surface area contributed by atoms with E-state index in [2.05, 4.69) is 50.4 Å². The summed E-state index contributed by atoms with van der Waals surface area (Å²) >= 11 is 3.38. The number of carbonyl (C=O) groups is 1. The predicted octanol–water partition coefficient (Wildman–Crippen LogP) is 4.90. The van der Waals surface area contributed by atoms with E-state index in [0.717, 1.165) is 54.1 Å². The Bertz CT molecular complexity index is 1150. The Morgan fingerprint density at radius 1 is 1.03 bits per heavy atom. The van der Waals surface area contributed by atoms with E-state index in [1.165, 1.54) is 16.7 Å². The maximum absolute atomic E-state index is 12.6. The topological polar surface area (TPSA) is 76.8 Å². The first-order chi connectivity index (χ1) is 16.0. The number of nitrogens with one attached hydrogen (secondary N) is 1. The smallest absolute Gasteiger partial charge is 0.257 e. The van der Waals surface area contributed by atoms with Crippen LogP contribution in [0, 0.1) is 0 Å². The summed E-state index contributed by atoms with van der Waals surface area (Å²) < 4.78 is 11.7. The van der Waals surface area contributed by atoms with Gasteiger partial charge in [0.1, 0.15) is 0 Å². The minimum atomic E-state index is -0.222. The summed E-state index contributed by atoms with van der Waals surface area (Å²) in [7, 11) is 3.34. The third-order valence-electron chi connectivity index (χ3n) is 5.99. The van der Waals surface area contributed by atoms with Crippen molar-refractivity contribution in [1.82, 2.24) is 4.90 Å². The lowest BCUT2D eigenvalue weighted by atomic mass is 9.98. The van der Waals surface area contributed by atoms with E-state index in [-0.39, 0.29) is 5.91 Å². The molecule has 7 heteroatoms. The third kappa shape index (κ3) is 5.49. The monoisotopic (exact) mass is 509 g/mol.